The predicted octanol–water partition coefficient (Wildman–Crippen LogP) is 2.29. The average Bonchev–Trinajstić information content (AvgIpc) is 2.79. The van der Waals surface area contributed by atoms with Crippen molar-refractivity contribution < 1.29 is 19.4 Å². The van der Waals surface area contributed by atoms with E-state index in [9.17, 15) is 4.79 Å². The van der Waals surface area contributed by atoms with Gasteiger partial charge in [-0.3, -0.25) is 9.69 Å². The van der Waals surface area contributed by atoms with Crippen molar-refractivity contribution in [1.29, 1.82) is 0 Å². The van der Waals surface area contributed by atoms with Crippen LogP contribution >= 0.6 is 24.0 Å². The van der Waals surface area contributed by atoms with Gasteiger partial charge in [0, 0.05) is 18.7 Å². The Kier molecular flexibility index (Phi) is 5.82. The minimum Gasteiger partial charge on any atom is -0.497 e. The molecule has 0 radical (unpaired) electrons. The molecule has 1 aliphatic rings. The fourth-order valence-electron chi connectivity index (χ4n) is 2.02. The summed E-state index contributed by atoms with van der Waals surface area (Å²) < 4.78 is 11.0. The number of benzene rings is 1. The average molecular weight is 339 g/mol. The molecular formula is C15H17NO4S2. The SMILES string of the molecule is COc1ccc(OC)c(/C=C2\SC(=S)N(CCCO)C2=O)c1. The maximum Gasteiger partial charge on any atom is 0.266 e. The first-order valence-corrected chi connectivity index (χ1v) is 7.91. The van der Waals surface area contributed by atoms with Gasteiger partial charge in [-0.15, -0.1) is 0 Å². The van der Waals surface area contributed by atoms with Gasteiger partial charge in [-0.2, -0.15) is 0 Å². The molecule has 1 amide bonds. The van der Waals surface area contributed by atoms with Crippen molar-refractivity contribution in [2.75, 3.05) is 27.4 Å². The van der Waals surface area contributed by atoms with Crippen LogP contribution in [0.3, 0.4) is 0 Å². The molecule has 0 aromatic heterocycles. The fraction of sp³-hybridized carbons (Fsp3) is 0.333. The molecule has 0 aliphatic carbocycles. The molecule has 5 nitrogen and oxygen atoms in total. The summed E-state index contributed by atoms with van der Waals surface area (Å²) in [5, 5.41) is 8.89. The van der Waals surface area contributed by atoms with Crippen LogP contribution in [0.15, 0.2) is 23.1 Å². The highest BCUT2D eigenvalue weighted by Crippen LogP contribution is 2.35. The lowest BCUT2D eigenvalue weighted by Crippen LogP contribution is -2.29. The second kappa shape index (κ2) is 7.62. The van der Waals surface area contributed by atoms with Gasteiger partial charge in [-0.1, -0.05) is 24.0 Å². The summed E-state index contributed by atoms with van der Waals surface area (Å²) >= 11 is 6.47. The van der Waals surface area contributed by atoms with E-state index in [1.807, 2.05) is 0 Å². The van der Waals surface area contributed by atoms with Gasteiger partial charge in [0.05, 0.1) is 19.1 Å². The summed E-state index contributed by atoms with van der Waals surface area (Å²) in [4.78, 5) is 14.4. The zero-order chi connectivity index (χ0) is 16.1. The standard InChI is InChI=1S/C15H17NO4S2/c1-19-11-4-5-12(20-2)10(8-11)9-13-14(18)16(6-3-7-17)15(21)22-13/h4-5,8-9,17H,3,6-7H2,1-2H3/b13-9-. The van der Waals surface area contributed by atoms with Gasteiger partial charge in [-0.25, -0.2) is 0 Å². The fourth-order valence-corrected chi connectivity index (χ4v) is 3.31. The molecule has 0 unspecified atom stereocenters. The Labute approximate surface area is 138 Å². The molecule has 1 fully saturated rings. The van der Waals surface area contributed by atoms with Crippen LogP contribution in [0, 0.1) is 0 Å². The molecule has 1 aromatic rings. The number of aliphatic hydroxyl groups is 1. The second-order valence-electron chi connectivity index (χ2n) is 4.52. The molecule has 0 bridgehead atoms. The Morgan fingerprint density at radius 2 is 2.14 bits per heavy atom. The minimum absolute atomic E-state index is 0.0276. The molecule has 1 saturated heterocycles. The smallest absolute Gasteiger partial charge is 0.266 e. The molecular weight excluding hydrogens is 322 g/mol. The molecule has 0 saturated carbocycles. The number of thiocarbonyl (C=S) groups is 1. The number of carbonyl (C=O) groups is 1. The van der Waals surface area contributed by atoms with Crippen LogP contribution in [0.4, 0.5) is 0 Å². The number of ether oxygens (including phenoxy) is 2. The van der Waals surface area contributed by atoms with Gasteiger partial charge in [0.2, 0.25) is 0 Å². The summed E-state index contributed by atoms with van der Waals surface area (Å²) in [6.45, 7) is 0.452. The number of carbonyl (C=O) groups excluding carboxylic acids is 1. The number of aliphatic hydroxyl groups excluding tert-OH is 1. The Bertz CT molecular complexity index is 616. The molecule has 0 atom stereocenters. The Morgan fingerprint density at radius 1 is 1.36 bits per heavy atom. The Balaban J connectivity index is 2.30. The third-order valence-electron chi connectivity index (χ3n) is 3.14. The quantitative estimate of drug-likeness (QED) is 0.634. The van der Waals surface area contributed by atoms with Crippen LogP contribution in [-0.2, 0) is 4.79 Å². The summed E-state index contributed by atoms with van der Waals surface area (Å²) in [5.74, 6) is 1.19. The molecule has 22 heavy (non-hydrogen) atoms. The number of rotatable bonds is 6. The summed E-state index contributed by atoms with van der Waals surface area (Å²) in [5.41, 5.74) is 0.754. The van der Waals surface area contributed by atoms with E-state index in [-0.39, 0.29) is 12.5 Å². The van der Waals surface area contributed by atoms with Crippen molar-refractivity contribution in [3.8, 4) is 11.5 Å². The molecule has 0 spiro atoms. The van der Waals surface area contributed by atoms with Gasteiger partial charge in [0.1, 0.15) is 15.8 Å². The number of methoxy groups -OCH3 is 2. The normalized spacial score (nSPS) is 16.5. The number of thioether (sulfide) groups is 1. The first-order chi connectivity index (χ1) is 10.6. The van der Waals surface area contributed by atoms with Crippen molar-refractivity contribution in [2.45, 2.75) is 6.42 Å². The van der Waals surface area contributed by atoms with Crippen molar-refractivity contribution in [3.05, 3.63) is 28.7 Å². The van der Waals surface area contributed by atoms with Crippen LogP contribution in [0.2, 0.25) is 0 Å². The zero-order valence-electron chi connectivity index (χ0n) is 12.4. The molecule has 2 rings (SSSR count). The van der Waals surface area contributed by atoms with Gasteiger partial charge in [-0.05, 0) is 30.7 Å². The summed E-state index contributed by atoms with van der Waals surface area (Å²) in [6, 6.07) is 5.39. The van der Waals surface area contributed by atoms with Gasteiger partial charge < -0.3 is 14.6 Å². The largest absolute Gasteiger partial charge is 0.497 e. The van der Waals surface area contributed by atoms with Crippen LogP contribution < -0.4 is 9.47 Å². The van der Waals surface area contributed by atoms with E-state index < -0.39 is 0 Å². The van der Waals surface area contributed by atoms with Gasteiger partial charge >= 0.3 is 0 Å². The zero-order valence-corrected chi connectivity index (χ0v) is 14.0. The number of hydrogen-bond donors (Lipinski definition) is 1. The molecule has 1 aromatic carbocycles. The highest BCUT2D eigenvalue weighted by Gasteiger charge is 2.31. The maximum absolute atomic E-state index is 12.4. The van der Waals surface area contributed by atoms with E-state index in [2.05, 4.69) is 0 Å². The van der Waals surface area contributed by atoms with Crippen molar-refractivity contribution in [1.82, 2.24) is 4.90 Å². The Morgan fingerprint density at radius 3 is 2.77 bits per heavy atom. The molecule has 118 valence electrons. The highest BCUT2D eigenvalue weighted by atomic mass is 32.2. The summed E-state index contributed by atoms with van der Waals surface area (Å²) in [7, 11) is 3.16. The van der Waals surface area contributed by atoms with E-state index in [4.69, 9.17) is 26.8 Å². The van der Waals surface area contributed by atoms with E-state index in [1.54, 1.807) is 38.5 Å². The van der Waals surface area contributed by atoms with Gasteiger partial charge in [0.15, 0.2) is 0 Å². The van der Waals surface area contributed by atoms with Crippen LogP contribution in [0.5, 0.6) is 11.5 Å². The molecule has 1 heterocycles. The highest BCUT2D eigenvalue weighted by molar-refractivity contribution is 8.26. The van der Waals surface area contributed by atoms with Crippen LogP contribution in [0.25, 0.3) is 6.08 Å². The number of hydrogen-bond acceptors (Lipinski definition) is 6. The van der Waals surface area contributed by atoms with E-state index in [1.165, 1.54) is 16.7 Å². The lowest BCUT2D eigenvalue weighted by Gasteiger charge is -2.12. The molecule has 7 heteroatoms. The number of amides is 1. The topological polar surface area (TPSA) is 59.0 Å². The van der Waals surface area contributed by atoms with Crippen LogP contribution in [-0.4, -0.2) is 47.6 Å². The third kappa shape index (κ3) is 3.60. The third-order valence-corrected chi connectivity index (χ3v) is 4.51. The second-order valence-corrected chi connectivity index (χ2v) is 6.19. The van der Waals surface area contributed by atoms with E-state index in [0.29, 0.717) is 33.7 Å². The van der Waals surface area contributed by atoms with E-state index in [0.717, 1.165) is 5.56 Å². The lowest BCUT2D eigenvalue weighted by atomic mass is 10.1. The van der Waals surface area contributed by atoms with Crippen LogP contribution in [0.1, 0.15) is 12.0 Å². The minimum atomic E-state index is -0.145. The van der Waals surface area contributed by atoms with Gasteiger partial charge in [0.25, 0.3) is 5.91 Å². The first-order valence-electron chi connectivity index (χ1n) is 6.69. The van der Waals surface area contributed by atoms with E-state index >= 15 is 0 Å². The molecule has 1 aliphatic heterocycles. The maximum atomic E-state index is 12.4. The molecule has 1 N–H and O–H groups in total. The summed E-state index contributed by atoms with van der Waals surface area (Å²) in [6.07, 6.45) is 2.25. The predicted molar refractivity (Wildman–Crippen MR) is 91.1 cm³/mol. The van der Waals surface area contributed by atoms with Crippen molar-refractivity contribution in [2.24, 2.45) is 0 Å². The lowest BCUT2D eigenvalue weighted by molar-refractivity contribution is -0.122. The first kappa shape index (κ1) is 16.8. The van der Waals surface area contributed by atoms with Crippen molar-refractivity contribution >= 4 is 40.3 Å². The monoisotopic (exact) mass is 339 g/mol. The van der Waals surface area contributed by atoms with Crippen molar-refractivity contribution in [3.63, 3.8) is 0 Å². The number of nitrogens with zero attached hydrogens (tertiary/aromatic N) is 1. The Hall–Kier alpha value is -1.57.